The zero-order chi connectivity index (χ0) is 12.0. The van der Waals surface area contributed by atoms with Crippen molar-refractivity contribution in [3.63, 3.8) is 0 Å². The highest BCUT2D eigenvalue weighted by Gasteiger charge is 2.09. The van der Waals surface area contributed by atoms with Gasteiger partial charge in [-0.1, -0.05) is 23.4 Å². The molecule has 0 radical (unpaired) electrons. The Kier molecular flexibility index (Phi) is 5.14. The summed E-state index contributed by atoms with van der Waals surface area (Å²) in [7, 11) is 1.67. The number of aryl methyl sites for hydroxylation is 1. The van der Waals surface area contributed by atoms with Gasteiger partial charge in [0, 0.05) is 23.3 Å². The highest BCUT2D eigenvalue weighted by atomic mass is 32.2. The number of rotatable bonds is 5. The van der Waals surface area contributed by atoms with Crippen LogP contribution in [0.2, 0.25) is 0 Å². The second-order valence-electron chi connectivity index (χ2n) is 3.28. The first-order valence-corrected chi connectivity index (χ1v) is 5.88. The summed E-state index contributed by atoms with van der Waals surface area (Å²) in [6.07, 6.45) is 0. The van der Waals surface area contributed by atoms with Gasteiger partial charge in [0.25, 0.3) is 0 Å². The van der Waals surface area contributed by atoms with Crippen LogP contribution in [0.1, 0.15) is 11.1 Å². The number of ether oxygens (including phenoxy) is 1. The molecule has 1 aromatic carbocycles. The third-order valence-corrected chi connectivity index (χ3v) is 3.33. The Morgan fingerprint density at radius 3 is 2.94 bits per heavy atom. The zero-order valence-corrected chi connectivity index (χ0v) is 10.3. The van der Waals surface area contributed by atoms with E-state index in [2.05, 4.69) is 5.16 Å². The van der Waals surface area contributed by atoms with Crippen LogP contribution in [0.3, 0.4) is 0 Å². The molecular formula is C11H16N2O2S. The van der Waals surface area contributed by atoms with Crippen LogP contribution in [-0.4, -0.2) is 30.5 Å². The number of nitrogens with zero attached hydrogens (tertiary/aromatic N) is 1. The predicted molar refractivity (Wildman–Crippen MR) is 66.3 cm³/mol. The second-order valence-corrected chi connectivity index (χ2v) is 4.38. The van der Waals surface area contributed by atoms with Gasteiger partial charge in [-0.15, -0.1) is 11.8 Å². The van der Waals surface area contributed by atoms with Crippen molar-refractivity contribution in [3.05, 3.63) is 29.3 Å². The van der Waals surface area contributed by atoms with Gasteiger partial charge in [-0.05, 0) is 12.5 Å². The predicted octanol–water partition coefficient (Wildman–Crippen LogP) is 1.83. The van der Waals surface area contributed by atoms with Crippen molar-refractivity contribution in [2.24, 2.45) is 10.9 Å². The maximum Gasteiger partial charge on any atom is 0.171 e. The Morgan fingerprint density at radius 2 is 2.31 bits per heavy atom. The van der Waals surface area contributed by atoms with E-state index in [-0.39, 0.29) is 5.84 Å². The summed E-state index contributed by atoms with van der Waals surface area (Å²) in [4.78, 5) is 1.04. The first-order valence-electron chi connectivity index (χ1n) is 4.90. The van der Waals surface area contributed by atoms with E-state index in [0.717, 1.165) is 21.8 Å². The molecule has 0 amide bonds. The minimum absolute atomic E-state index is 0.142. The van der Waals surface area contributed by atoms with Gasteiger partial charge in [-0.2, -0.15) is 0 Å². The van der Waals surface area contributed by atoms with E-state index in [0.29, 0.717) is 6.61 Å². The van der Waals surface area contributed by atoms with Crippen molar-refractivity contribution in [2.45, 2.75) is 11.8 Å². The third-order valence-electron chi connectivity index (χ3n) is 2.13. The van der Waals surface area contributed by atoms with Crippen molar-refractivity contribution in [3.8, 4) is 0 Å². The molecule has 88 valence electrons. The Hall–Kier alpha value is -1.20. The van der Waals surface area contributed by atoms with Crippen LogP contribution >= 0.6 is 11.8 Å². The Bertz CT molecular complexity index is 380. The molecule has 1 rings (SSSR count). The average Bonchev–Trinajstić information content (AvgIpc) is 2.30. The fourth-order valence-corrected chi connectivity index (χ4v) is 2.40. The number of hydrogen-bond donors (Lipinski definition) is 2. The lowest BCUT2D eigenvalue weighted by molar-refractivity contribution is 0.218. The van der Waals surface area contributed by atoms with Crippen LogP contribution in [0.4, 0.5) is 0 Å². The number of hydrogen-bond acceptors (Lipinski definition) is 4. The van der Waals surface area contributed by atoms with Gasteiger partial charge in [0.15, 0.2) is 5.84 Å². The monoisotopic (exact) mass is 240 g/mol. The fourth-order valence-electron chi connectivity index (χ4n) is 1.33. The molecule has 0 aliphatic carbocycles. The zero-order valence-electron chi connectivity index (χ0n) is 9.43. The number of oxime groups is 1. The van der Waals surface area contributed by atoms with Gasteiger partial charge < -0.3 is 15.7 Å². The standard InChI is InChI=1S/C11H16N2O2S/c1-8-4-3-5-9(11(12)13-14)10(8)16-7-6-15-2/h3-5,14H,6-7H2,1-2H3,(H2,12,13). The summed E-state index contributed by atoms with van der Waals surface area (Å²) in [6.45, 7) is 2.68. The number of thioether (sulfide) groups is 1. The molecule has 0 fully saturated rings. The van der Waals surface area contributed by atoms with Crippen molar-refractivity contribution in [2.75, 3.05) is 19.5 Å². The van der Waals surface area contributed by atoms with E-state index in [1.165, 1.54) is 0 Å². The molecule has 16 heavy (non-hydrogen) atoms. The van der Waals surface area contributed by atoms with Gasteiger partial charge in [0.1, 0.15) is 0 Å². The molecule has 3 N–H and O–H groups in total. The van der Waals surface area contributed by atoms with Crippen LogP contribution < -0.4 is 5.73 Å². The van der Waals surface area contributed by atoms with Crippen molar-refractivity contribution >= 4 is 17.6 Å². The molecule has 0 saturated carbocycles. The largest absolute Gasteiger partial charge is 0.409 e. The minimum atomic E-state index is 0.142. The van der Waals surface area contributed by atoms with Gasteiger partial charge >= 0.3 is 0 Å². The molecule has 0 saturated heterocycles. The van der Waals surface area contributed by atoms with E-state index < -0.39 is 0 Å². The Labute approximate surface area is 99.5 Å². The smallest absolute Gasteiger partial charge is 0.171 e. The maximum absolute atomic E-state index is 8.70. The minimum Gasteiger partial charge on any atom is -0.409 e. The van der Waals surface area contributed by atoms with Gasteiger partial charge in [-0.25, -0.2) is 0 Å². The molecule has 5 heteroatoms. The molecule has 0 aliphatic heterocycles. The van der Waals surface area contributed by atoms with E-state index in [1.54, 1.807) is 18.9 Å². The summed E-state index contributed by atoms with van der Waals surface area (Å²) in [5.41, 5.74) is 7.51. The fraction of sp³-hybridized carbons (Fsp3) is 0.364. The second kappa shape index (κ2) is 6.40. The van der Waals surface area contributed by atoms with Crippen LogP contribution in [0.5, 0.6) is 0 Å². The SMILES string of the molecule is COCCSc1c(C)cccc1/C(N)=N/O. The van der Waals surface area contributed by atoms with Crippen molar-refractivity contribution < 1.29 is 9.94 Å². The molecule has 0 atom stereocenters. The molecule has 0 aromatic heterocycles. The normalized spacial score (nSPS) is 11.8. The van der Waals surface area contributed by atoms with Gasteiger partial charge in [-0.3, -0.25) is 0 Å². The van der Waals surface area contributed by atoms with E-state index in [4.69, 9.17) is 15.7 Å². The van der Waals surface area contributed by atoms with Gasteiger partial charge in [0.2, 0.25) is 0 Å². The summed E-state index contributed by atoms with van der Waals surface area (Å²) in [5, 5.41) is 11.7. The van der Waals surface area contributed by atoms with Crippen molar-refractivity contribution in [1.82, 2.24) is 0 Å². The van der Waals surface area contributed by atoms with Crippen molar-refractivity contribution in [1.29, 1.82) is 0 Å². The number of nitrogens with two attached hydrogens (primary N) is 1. The molecule has 0 aliphatic rings. The Morgan fingerprint density at radius 1 is 1.56 bits per heavy atom. The van der Waals surface area contributed by atoms with Crippen LogP contribution in [0.25, 0.3) is 0 Å². The molecule has 0 bridgehead atoms. The summed E-state index contributed by atoms with van der Waals surface area (Å²) < 4.78 is 5.00. The summed E-state index contributed by atoms with van der Waals surface area (Å²) in [5.74, 6) is 0.983. The van der Waals surface area contributed by atoms with E-state index in [1.807, 2.05) is 25.1 Å². The first-order chi connectivity index (χ1) is 7.70. The molecular weight excluding hydrogens is 224 g/mol. The van der Waals surface area contributed by atoms with Gasteiger partial charge in [0.05, 0.1) is 6.61 Å². The number of amidine groups is 1. The number of benzene rings is 1. The molecule has 1 aromatic rings. The average molecular weight is 240 g/mol. The molecule has 0 heterocycles. The quantitative estimate of drug-likeness (QED) is 0.206. The molecule has 4 nitrogen and oxygen atoms in total. The highest BCUT2D eigenvalue weighted by Crippen LogP contribution is 2.26. The third kappa shape index (κ3) is 3.15. The Balaban J connectivity index is 2.95. The maximum atomic E-state index is 8.70. The van der Waals surface area contributed by atoms with Crippen LogP contribution in [0, 0.1) is 6.92 Å². The highest BCUT2D eigenvalue weighted by molar-refractivity contribution is 7.99. The van der Waals surface area contributed by atoms with E-state index in [9.17, 15) is 0 Å². The number of methoxy groups -OCH3 is 1. The summed E-state index contributed by atoms with van der Waals surface area (Å²) >= 11 is 1.64. The van der Waals surface area contributed by atoms with E-state index >= 15 is 0 Å². The summed E-state index contributed by atoms with van der Waals surface area (Å²) in [6, 6.07) is 5.74. The van der Waals surface area contributed by atoms with Crippen LogP contribution in [0.15, 0.2) is 28.3 Å². The molecule has 0 unspecified atom stereocenters. The lowest BCUT2D eigenvalue weighted by atomic mass is 10.1. The lowest BCUT2D eigenvalue weighted by Gasteiger charge is -2.10. The molecule has 0 spiro atoms. The topological polar surface area (TPSA) is 67.8 Å². The first kappa shape index (κ1) is 12.9. The lowest BCUT2D eigenvalue weighted by Crippen LogP contribution is -2.15. The van der Waals surface area contributed by atoms with Crippen LogP contribution in [-0.2, 0) is 4.74 Å².